The Morgan fingerprint density at radius 1 is 1.17 bits per heavy atom. The highest BCUT2D eigenvalue weighted by Gasteiger charge is 2.17. The van der Waals surface area contributed by atoms with Gasteiger partial charge in [0.2, 0.25) is 0 Å². The Balaban J connectivity index is 3.57. The Bertz CT molecular complexity index is 127. The lowest BCUT2D eigenvalue weighted by Gasteiger charge is -2.26. The number of ether oxygens (including phenoxy) is 1. The quantitative estimate of drug-likeness (QED) is 0.650. The van der Waals surface area contributed by atoms with Gasteiger partial charge in [0.05, 0.1) is 5.60 Å². The molecule has 3 heteroatoms. The van der Waals surface area contributed by atoms with Crippen molar-refractivity contribution in [2.45, 2.75) is 45.3 Å². The van der Waals surface area contributed by atoms with E-state index in [0.29, 0.717) is 13.2 Å². The molecule has 0 aromatic carbocycles. The molecule has 0 fully saturated rings. The van der Waals surface area contributed by atoms with Crippen LogP contribution in [0.1, 0.15) is 34.1 Å². The van der Waals surface area contributed by atoms with Gasteiger partial charge in [-0.1, -0.05) is 0 Å². The van der Waals surface area contributed by atoms with Crippen molar-refractivity contribution < 1.29 is 4.74 Å². The van der Waals surface area contributed by atoms with Gasteiger partial charge in [0.1, 0.15) is 0 Å². The highest BCUT2D eigenvalue weighted by Crippen LogP contribution is 2.10. The normalized spacial score (nSPS) is 13.5. The first kappa shape index (κ1) is 11.9. The molecule has 0 aromatic heterocycles. The van der Waals surface area contributed by atoms with Crippen molar-refractivity contribution in [1.82, 2.24) is 0 Å². The molecule has 0 saturated heterocycles. The molecule has 0 rings (SSSR count). The molecule has 74 valence electrons. The Labute approximate surface area is 75.5 Å². The summed E-state index contributed by atoms with van der Waals surface area (Å²) in [5.74, 6) is 0. The molecule has 4 N–H and O–H groups in total. The lowest BCUT2D eigenvalue weighted by molar-refractivity contribution is -0.0165. The van der Waals surface area contributed by atoms with Crippen LogP contribution >= 0.6 is 0 Å². The predicted octanol–water partition coefficient (Wildman–Crippen LogP) is 0.868. The molecule has 0 radical (unpaired) electrons. The van der Waals surface area contributed by atoms with Gasteiger partial charge in [-0.2, -0.15) is 0 Å². The zero-order chi connectivity index (χ0) is 9.83. The molecule has 0 bridgehead atoms. The fourth-order valence-electron chi connectivity index (χ4n) is 0.649. The summed E-state index contributed by atoms with van der Waals surface area (Å²) in [6.45, 7) is 9.16. The van der Waals surface area contributed by atoms with Crippen molar-refractivity contribution in [3.63, 3.8) is 0 Å². The second-order valence-corrected chi connectivity index (χ2v) is 4.55. The number of rotatable bonds is 5. The lowest BCUT2D eigenvalue weighted by atomic mass is 10.0. The summed E-state index contributed by atoms with van der Waals surface area (Å²) in [6.07, 6.45) is 0.858. The fraction of sp³-hybridized carbons (Fsp3) is 1.00. The third-order valence-electron chi connectivity index (χ3n) is 1.73. The zero-order valence-electron chi connectivity index (χ0n) is 8.68. The van der Waals surface area contributed by atoms with Gasteiger partial charge >= 0.3 is 0 Å². The van der Waals surface area contributed by atoms with E-state index in [1.54, 1.807) is 0 Å². The van der Waals surface area contributed by atoms with Crippen molar-refractivity contribution >= 4 is 0 Å². The van der Waals surface area contributed by atoms with Crippen LogP contribution in [0.3, 0.4) is 0 Å². The maximum atomic E-state index is 5.80. The second kappa shape index (κ2) is 4.21. The number of nitrogens with two attached hydrogens (primary N) is 2. The fourth-order valence-corrected chi connectivity index (χ4v) is 0.649. The van der Waals surface area contributed by atoms with Crippen LogP contribution in [0.25, 0.3) is 0 Å². The summed E-state index contributed by atoms with van der Waals surface area (Å²) < 4.78 is 5.55. The van der Waals surface area contributed by atoms with Gasteiger partial charge in [-0.25, -0.2) is 0 Å². The Morgan fingerprint density at radius 3 is 2.00 bits per heavy atom. The van der Waals surface area contributed by atoms with Gasteiger partial charge in [-0.15, -0.1) is 0 Å². The summed E-state index contributed by atoms with van der Waals surface area (Å²) in [5, 5.41) is 0. The summed E-state index contributed by atoms with van der Waals surface area (Å²) in [4.78, 5) is 0. The largest absolute Gasteiger partial charge is 0.374 e. The van der Waals surface area contributed by atoms with Gasteiger partial charge in [0.25, 0.3) is 0 Å². The van der Waals surface area contributed by atoms with Crippen LogP contribution in [0.2, 0.25) is 0 Å². The predicted molar refractivity (Wildman–Crippen MR) is 52.0 cm³/mol. The first-order valence-corrected chi connectivity index (χ1v) is 4.40. The standard InChI is InChI=1S/C9H22N2O/c1-8(2,11)5-6-12-9(3,4)7-10/h5-7,10-11H2,1-4H3. The summed E-state index contributed by atoms with van der Waals surface area (Å²) >= 11 is 0. The van der Waals surface area contributed by atoms with E-state index in [1.165, 1.54) is 0 Å². The molecule has 0 aromatic rings. The van der Waals surface area contributed by atoms with Crippen molar-refractivity contribution in [3.8, 4) is 0 Å². The smallest absolute Gasteiger partial charge is 0.0748 e. The maximum absolute atomic E-state index is 5.80. The lowest BCUT2D eigenvalue weighted by Crippen LogP contribution is -2.38. The molecular weight excluding hydrogens is 152 g/mol. The van der Waals surface area contributed by atoms with Crippen molar-refractivity contribution in [3.05, 3.63) is 0 Å². The minimum atomic E-state index is -0.217. The molecule has 0 atom stereocenters. The van der Waals surface area contributed by atoms with E-state index in [4.69, 9.17) is 16.2 Å². The van der Waals surface area contributed by atoms with Crippen LogP contribution in [0.4, 0.5) is 0 Å². The Hall–Kier alpha value is -0.120. The van der Waals surface area contributed by atoms with Gasteiger partial charge in [-0.05, 0) is 34.1 Å². The first-order valence-electron chi connectivity index (χ1n) is 4.40. The van der Waals surface area contributed by atoms with Gasteiger partial charge in [0.15, 0.2) is 0 Å². The molecule has 0 saturated carbocycles. The van der Waals surface area contributed by atoms with Crippen molar-refractivity contribution in [1.29, 1.82) is 0 Å². The Morgan fingerprint density at radius 2 is 1.67 bits per heavy atom. The average Bonchev–Trinajstić information content (AvgIpc) is 1.84. The van der Waals surface area contributed by atoms with E-state index in [1.807, 2.05) is 27.7 Å². The van der Waals surface area contributed by atoms with Crippen LogP contribution in [0.15, 0.2) is 0 Å². The first-order chi connectivity index (χ1) is 5.27. The topological polar surface area (TPSA) is 61.3 Å². The van der Waals surface area contributed by atoms with E-state index in [9.17, 15) is 0 Å². The van der Waals surface area contributed by atoms with E-state index in [-0.39, 0.29) is 11.1 Å². The molecule has 0 unspecified atom stereocenters. The molecular formula is C9H22N2O. The number of hydrogen-bond donors (Lipinski definition) is 2. The molecule has 0 spiro atoms. The van der Waals surface area contributed by atoms with Gasteiger partial charge in [0, 0.05) is 18.7 Å². The van der Waals surface area contributed by atoms with Crippen LogP contribution < -0.4 is 11.5 Å². The van der Waals surface area contributed by atoms with Gasteiger partial charge < -0.3 is 16.2 Å². The third kappa shape index (κ3) is 6.58. The Kier molecular flexibility index (Phi) is 4.17. The maximum Gasteiger partial charge on any atom is 0.0748 e. The minimum Gasteiger partial charge on any atom is -0.374 e. The van der Waals surface area contributed by atoms with Crippen LogP contribution in [-0.4, -0.2) is 24.3 Å². The van der Waals surface area contributed by atoms with Crippen LogP contribution in [-0.2, 0) is 4.74 Å². The molecule has 0 amide bonds. The van der Waals surface area contributed by atoms with Crippen LogP contribution in [0, 0.1) is 0 Å². The van der Waals surface area contributed by atoms with E-state index < -0.39 is 0 Å². The summed E-state index contributed by atoms with van der Waals surface area (Å²) in [5.41, 5.74) is 10.9. The van der Waals surface area contributed by atoms with Crippen molar-refractivity contribution in [2.75, 3.05) is 13.2 Å². The van der Waals surface area contributed by atoms with E-state index in [2.05, 4.69) is 0 Å². The van der Waals surface area contributed by atoms with Crippen LogP contribution in [0.5, 0.6) is 0 Å². The minimum absolute atomic E-state index is 0.148. The molecule has 12 heavy (non-hydrogen) atoms. The second-order valence-electron chi connectivity index (χ2n) is 4.55. The highest BCUT2D eigenvalue weighted by atomic mass is 16.5. The average molecular weight is 174 g/mol. The summed E-state index contributed by atoms with van der Waals surface area (Å²) in [6, 6.07) is 0. The van der Waals surface area contributed by atoms with Gasteiger partial charge in [-0.3, -0.25) is 0 Å². The molecule has 0 aliphatic rings. The summed E-state index contributed by atoms with van der Waals surface area (Å²) in [7, 11) is 0. The zero-order valence-corrected chi connectivity index (χ0v) is 8.68. The highest BCUT2D eigenvalue weighted by molar-refractivity contribution is 4.73. The monoisotopic (exact) mass is 174 g/mol. The molecule has 0 aliphatic heterocycles. The van der Waals surface area contributed by atoms with E-state index in [0.717, 1.165) is 6.42 Å². The number of hydrogen-bond acceptors (Lipinski definition) is 3. The van der Waals surface area contributed by atoms with Crippen molar-refractivity contribution in [2.24, 2.45) is 11.5 Å². The molecule has 3 nitrogen and oxygen atoms in total. The molecule has 0 heterocycles. The SMILES string of the molecule is CC(C)(N)CCOC(C)(C)CN. The molecule has 0 aliphatic carbocycles. The third-order valence-corrected chi connectivity index (χ3v) is 1.73. The van der Waals surface area contributed by atoms with E-state index >= 15 is 0 Å².